The average Bonchev–Trinajstić information content (AvgIpc) is 2.42. The highest BCUT2D eigenvalue weighted by atomic mass is 32.1. The summed E-state index contributed by atoms with van der Waals surface area (Å²) in [7, 11) is 0. The van der Waals surface area contributed by atoms with Gasteiger partial charge in [-0.1, -0.05) is 19.4 Å². The van der Waals surface area contributed by atoms with Gasteiger partial charge in [-0.2, -0.15) is 0 Å². The first-order chi connectivity index (χ1) is 9.11. The summed E-state index contributed by atoms with van der Waals surface area (Å²) in [5.41, 5.74) is 1.60. The van der Waals surface area contributed by atoms with Crippen molar-refractivity contribution in [2.75, 3.05) is 0 Å². The Bertz CT molecular complexity index is 456. The molecule has 0 aliphatic heterocycles. The highest BCUT2D eigenvalue weighted by molar-refractivity contribution is 7.80. The maximum absolute atomic E-state index is 12.3. The second-order valence-electron chi connectivity index (χ2n) is 5.40. The van der Waals surface area contributed by atoms with Crippen LogP contribution in [0, 0.1) is 12.8 Å². The Hall–Kier alpha value is -0.960. The molecule has 3 heteroatoms. The van der Waals surface area contributed by atoms with E-state index in [4.69, 9.17) is 4.74 Å². The predicted octanol–water partition coefficient (Wildman–Crippen LogP) is 4.41. The lowest BCUT2D eigenvalue weighted by atomic mass is 9.85. The summed E-state index contributed by atoms with van der Waals surface area (Å²) in [6.45, 7) is 4.11. The molecular formula is C16H22O2S. The van der Waals surface area contributed by atoms with Crippen molar-refractivity contribution >= 4 is 18.6 Å². The molecule has 0 aromatic heterocycles. The number of ether oxygens (including phenoxy) is 1. The van der Waals surface area contributed by atoms with Gasteiger partial charge in [-0.05, 0) is 56.2 Å². The number of rotatable bonds is 3. The van der Waals surface area contributed by atoms with E-state index in [9.17, 15) is 4.79 Å². The number of benzene rings is 1. The molecule has 104 valence electrons. The van der Waals surface area contributed by atoms with Gasteiger partial charge in [0, 0.05) is 4.90 Å². The molecule has 0 radical (unpaired) electrons. The molecule has 0 saturated heterocycles. The van der Waals surface area contributed by atoms with Crippen LogP contribution >= 0.6 is 12.6 Å². The van der Waals surface area contributed by atoms with Crippen molar-refractivity contribution in [3.63, 3.8) is 0 Å². The fourth-order valence-corrected chi connectivity index (χ4v) is 3.03. The third-order valence-electron chi connectivity index (χ3n) is 4.06. The first kappa shape index (κ1) is 14.4. The van der Waals surface area contributed by atoms with Gasteiger partial charge < -0.3 is 4.74 Å². The molecule has 0 amide bonds. The Balaban J connectivity index is 2.09. The van der Waals surface area contributed by atoms with Crippen molar-refractivity contribution in [3.05, 3.63) is 29.3 Å². The first-order valence-corrected chi connectivity index (χ1v) is 7.57. The molecule has 0 heterocycles. The van der Waals surface area contributed by atoms with E-state index in [0.717, 1.165) is 23.3 Å². The summed E-state index contributed by atoms with van der Waals surface area (Å²) in [4.78, 5) is 13.1. The van der Waals surface area contributed by atoms with Crippen molar-refractivity contribution in [1.82, 2.24) is 0 Å². The lowest BCUT2D eigenvalue weighted by Crippen LogP contribution is -2.30. The zero-order valence-electron chi connectivity index (χ0n) is 11.7. The van der Waals surface area contributed by atoms with E-state index < -0.39 is 0 Å². The van der Waals surface area contributed by atoms with Gasteiger partial charge in [0.15, 0.2) is 0 Å². The van der Waals surface area contributed by atoms with Gasteiger partial charge in [-0.25, -0.2) is 4.79 Å². The Kier molecular flexibility index (Phi) is 4.92. The third kappa shape index (κ3) is 3.53. The molecule has 19 heavy (non-hydrogen) atoms. The molecule has 1 saturated carbocycles. The topological polar surface area (TPSA) is 26.3 Å². The number of aryl methyl sites for hydroxylation is 1. The van der Waals surface area contributed by atoms with Crippen molar-refractivity contribution in [2.24, 2.45) is 5.92 Å². The van der Waals surface area contributed by atoms with E-state index in [1.165, 1.54) is 19.3 Å². The van der Waals surface area contributed by atoms with Crippen molar-refractivity contribution < 1.29 is 9.53 Å². The lowest BCUT2D eigenvalue weighted by Gasteiger charge is -2.30. The summed E-state index contributed by atoms with van der Waals surface area (Å²) >= 11 is 4.29. The summed E-state index contributed by atoms with van der Waals surface area (Å²) < 4.78 is 5.74. The lowest BCUT2D eigenvalue weighted by molar-refractivity contribution is 0.000613. The number of hydrogen-bond donors (Lipinski definition) is 1. The van der Waals surface area contributed by atoms with Crippen LogP contribution in [0.2, 0.25) is 0 Å². The Morgan fingerprint density at radius 2 is 2.11 bits per heavy atom. The van der Waals surface area contributed by atoms with Crippen LogP contribution in [0.15, 0.2) is 23.1 Å². The Morgan fingerprint density at radius 1 is 1.37 bits per heavy atom. The molecule has 1 aliphatic carbocycles. The van der Waals surface area contributed by atoms with Crippen LogP contribution in [0.5, 0.6) is 0 Å². The van der Waals surface area contributed by atoms with Crippen LogP contribution in [-0.4, -0.2) is 12.1 Å². The second-order valence-corrected chi connectivity index (χ2v) is 5.91. The number of carbonyl (C=O) groups is 1. The highest BCUT2D eigenvalue weighted by Crippen LogP contribution is 2.30. The van der Waals surface area contributed by atoms with E-state index >= 15 is 0 Å². The largest absolute Gasteiger partial charge is 0.458 e. The van der Waals surface area contributed by atoms with Crippen LogP contribution in [0.25, 0.3) is 0 Å². The minimum absolute atomic E-state index is 0.0919. The van der Waals surface area contributed by atoms with Gasteiger partial charge in [-0.15, -0.1) is 12.6 Å². The van der Waals surface area contributed by atoms with Crippen LogP contribution in [-0.2, 0) is 4.74 Å². The molecule has 1 fully saturated rings. The van der Waals surface area contributed by atoms with Gasteiger partial charge in [0.05, 0.1) is 5.56 Å². The predicted molar refractivity (Wildman–Crippen MR) is 79.9 cm³/mol. The Labute approximate surface area is 121 Å². The van der Waals surface area contributed by atoms with E-state index in [0.29, 0.717) is 11.5 Å². The van der Waals surface area contributed by atoms with Crippen LogP contribution in [0.1, 0.15) is 54.9 Å². The second kappa shape index (κ2) is 6.47. The summed E-state index contributed by atoms with van der Waals surface area (Å²) in [6, 6.07) is 5.60. The number of carbonyl (C=O) groups excluding carboxylic acids is 1. The summed E-state index contributed by atoms with van der Waals surface area (Å²) in [5, 5.41) is 0. The molecule has 2 nitrogen and oxygen atoms in total. The first-order valence-electron chi connectivity index (χ1n) is 7.12. The monoisotopic (exact) mass is 278 g/mol. The van der Waals surface area contributed by atoms with E-state index in [2.05, 4.69) is 19.6 Å². The molecule has 2 rings (SSSR count). The fraction of sp³-hybridized carbons (Fsp3) is 0.562. The maximum Gasteiger partial charge on any atom is 0.338 e. The quantitative estimate of drug-likeness (QED) is 0.655. The number of hydrogen-bond acceptors (Lipinski definition) is 3. The fourth-order valence-electron chi connectivity index (χ4n) is 2.83. The van der Waals surface area contributed by atoms with Gasteiger partial charge >= 0.3 is 5.97 Å². The van der Waals surface area contributed by atoms with Gasteiger partial charge in [0.25, 0.3) is 0 Å². The van der Waals surface area contributed by atoms with Crippen molar-refractivity contribution in [2.45, 2.75) is 57.0 Å². The van der Waals surface area contributed by atoms with Crippen molar-refractivity contribution in [1.29, 1.82) is 0 Å². The zero-order chi connectivity index (χ0) is 13.8. The molecule has 0 N–H and O–H groups in total. The average molecular weight is 278 g/mol. The van der Waals surface area contributed by atoms with Crippen LogP contribution < -0.4 is 0 Å². The maximum atomic E-state index is 12.3. The molecular weight excluding hydrogens is 256 g/mol. The summed E-state index contributed by atoms with van der Waals surface area (Å²) in [5.74, 6) is 0.330. The van der Waals surface area contributed by atoms with Gasteiger partial charge in [0.2, 0.25) is 0 Å². The highest BCUT2D eigenvalue weighted by Gasteiger charge is 2.27. The van der Waals surface area contributed by atoms with Gasteiger partial charge in [-0.3, -0.25) is 0 Å². The molecule has 1 aromatic rings. The summed E-state index contributed by atoms with van der Waals surface area (Å²) in [6.07, 6.45) is 5.79. The minimum Gasteiger partial charge on any atom is -0.458 e. The number of esters is 1. The van der Waals surface area contributed by atoms with E-state index in [1.54, 1.807) is 6.07 Å². The van der Waals surface area contributed by atoms with Gasteiger partial charge in [0.1, 0.15) is 6.10 Å². The van der Waals surface area contributed by atoms with Crippen LogP contribution in [0.4, 0.5) is 0 Å². The molecule has 1 aliphatic rings. The number of thiol groups is 1. The molecule has 0 bridgehead atoms. The minimum atomic E-state index is -0.196. The Morgan fingerprint density at radius 3 is 2.84 bits per heavy atom. The SMILES string of the molecule is CCC1CCCCC1OC(=O)c1cc(S)ccc1C. The normalized spacial score (nSPS) is 23.1. The van der Waals surface area contributed by atoms with E-state index in [-0.39, 0.29) is 12.1 Å². The molecule has 0 spiro atoms. The van der Waals surface area contributed by atoms with Crippen LogP contribution in [0.3, 0.4) is 0 Å². The third-order valence-corrected chi connectivity index (χ3v) is 4.34. The van der Waals surface area contributed by atoms with E-state index in [1.807, 2.05) is 19.1 Å². The smallest absolute Gasteiger partial charge is 0.338 e. The standard InChI is InChI=1S/C16H22O2S/c1-3-12-6-4-5-7-15(12)18-16(17)14-10-13(19)9-8-11(14)2/h8-10,12,15,19H,3-7H2,1-2H3. The molecule has 1 aromatic carbocycles. The molecule has 2 atom stereocenters. The molecule has 2 unspecified atom stereocenters. The van der Waals surface area contributed by atoms with Crippen molar-refractivity contribution in [3.8, 4) is 0 Å². The zero-order valence-corrected chi connectivity index (χ0v) is 12.6.